The Kier molecular flexibility index (Phi) is 8.13. The van der Waals surface area contributed by atoms with Crippen LogP contribution in [0.3, 0.4) is 0 Å². The zero-order chi connectivity index (χ0) is 11.1. The Morgan fingerprint density at radius 1 is 1.07 bits per heavy atom. The van der Waals surface area contributed by atoms with E-state index in [-0.39, 0.29) is 0 Å². The zero-order valence-corrected chi connectivity index (χ0v) is 10.5. The third-order valence-corrected chi connectivity index (χ3v) is 2.67. The molecule has 0 atom stereocenters. The fraction of sp³-hybridized carbons (Fsp3) is 0.143. The van der Waals surface area contributed by atoms with E-state index in [0.29, 0.717) is 49.0 Å². The molecule has 1 rings (SSSR count). The summed E-state index contributed by atoms with van der Waals surface area (Å²) >= 11 is 0.664. The maximum absolute atomic E-state index is 12.4. The van der Waals surface area contributed by atoms with E-state index < -0.39 is 19.2 Å². The van der Waals surface area contributed by atoms with Gasteiger partial charge in [0.05, 0.1) is 0 Å². The number of halogens is 5. The molecule has 0 aromatic heterocycles. The van der Waals surface area contributed by atoms with E-state index in [4.69, 9.17) is 0 Å². The summed E-state index contributed by atoms with van der Waals surface area (Å²) in [7, 11) is -3.67. The Labute approximate surface area is 113 Å². The summed E-state index contributed by atoms with van der Waals surface area (Å²) in [6.45, 7) is 0. The molecule has 1 aromatic rings. The van der Waals surface area contributed by atoms with Gasteiger partial charge in [-0.2, -0.15) is 0 Å². The second kappa shape index (κ2) is 7.81. The van der Waals surface area contributed by atoms with Crippen LogP contribution in [0.5, 0.6) is 0 Å². The van der Waals surface area contributed by atoms with Gasteiger partial charge >= 0.3 is 101 Å². The number of rotatable bonds is 1. The Morgan fingerprint density at radius 3 is 1.93 bits per heavy atom. The number of hydrogen-bond donors (Lipinski definition) is 0. The fourth-order valence-electron chi connectivity index (χ4n) is 0.760. The quantitative estimate of drug-likeness (QED) is 0.517. The molecule has 0 aliphatic carbocycles. The third kappa shape index (κ3) is 6.94. The van der Waals surface area contributed by atoms with Crippen molar-refractivity contribution in [1.82, 2.24) is 0 Å². The van der Waals surface area contributed by atoms with Crippen molar-refractivity contribution in [3.8, 4) is 0 Å². The molecule has 0 radical (unpaired) electrons. The standard InChI is InChI=1S/C7H5F2.BF3.K/c1-5-2-3-6(8)7(9)4-5;2-1(3)4;/h2-4H,1H2;;. The van der Waals surface area contributed by atoms with Gasteiger partial charge in [-0.05, 0) is 0 Å². The van der Waals surface area contributed by atoms with Gasteiger partial charge in [-0.1, -0.05) is 0 Å². The molecule has 0 amide bonds. The van der Waals surface area contributed by atoms with Crippen LogP contribution in [0.1, 0.15) is 5.56 Å². The third-order valence-electron chi connectivity index (χ3n) is 1.39. The van der Waals surface area contributed by atoms with Crippen LogP contribution in [0.25, 0.3) is 0 Å². The van der Waals surface area contributed by atoms with Gasteiger partial charge in [-0.3, -0.25) is 12.9 Å². The first-order valence-electron chi connectivity index (χ1n) is 3.83. The summed E-state index contributed by atoms with van der Waals surface area (Å²) < 4.78 is 54.6. The van der Waals surface area contributed by atoms with Gasteiger partial charge in [0, 0.05) is 0 Å². The topological polar surface area (TPSA) is 0 Å². The van der Waals surface area contributed by atoms with E-state index >= 15 is 0 Å². The van der Waals surface area contributed by atoms with E-state index in [1.54, 1.807) is 6.07 Å². The van der Waals surface area contributed by atoms with Crippen molar-refractivity contribution >= 4 is 56.5 Å². The zero-order valence-electron chi connectivity index (χ0n) is 7.41. The van der Waals surface area contributed by atoms with Crippen molar-refractivity contribution in [2.45, 2.75) is 0.515 Å². The van der Waals surface area contributed by atoms with Gasteiger partial charge < -0.3 is 0 Å². The predicted molar refractivity (Wildman–Crippen MR) is 44.9 cm³/mol. The Balaban J connectivity index is 0.000000364. The van der Waals surface area contributed by atoms with Crippen LogP contribution in [-0.2, 0) is 0.515 Å². The SMILES string of the molecule is FB(F)F.Fc1ccc([CH2][K])cc1F. The molecule has 0 N–H and O–H groups in total. The molecule has 0 saturated carbocycles. The normalized spacial score (nSPS) is 9.07. The van der Waals surface area contributed by atoms with Crippen molar-refractivity contribution in [2.75, 3.05) is 0 Å². The van der Waals surface area contributed by atoms with Crippen molar-refractivity contribution in [3.05, 3.63) is 35.4 Å². The van der Waals surface area contributed by atoms with Crippen LogP contribution in [0.2, 0.25) is 0 Å². The second-order valence-electron chi connectivity index (χ2n) is 2.35. The second-order valence-corrected chi connectivity index (χ2v) is 3.45. The number of benzene rings is 1. The minimum atomic E-state index is -3.67. The first-order valence-corrected chi connectivity index (χ1v) is 6.04. The molecular weight excluding hydrogens is 229 g/mol. The molecule has 0 spiro atoms. The van der Waals surface area contributed by atoms with Crippen LogP contribution >= 0.6 is 0 Å². The predicted octanol–water partition coefficient (Wildman–Crippen LogP) is 2.51. The van der Waals surface area contributed by atoms with Crippen LogP contribution in [0, 0.1) is 11.6 Å². The van der Waals surface area contributed by atoms with Crippen LogP contribution < -0.4 is 0 Å². The minimum absolute atomic E-state index is 0.664. The maximum atomic E-state index is 12.4. The monoisotopic (exact) mass is 234 g/mol. The molecule has 14 heavy (non-hydrogen) atoms. The first kappa shape index (κ1) is 14.6. The van der Waals surface area contributed by atoms with Crippen molar-refractivity contribution in [2.24, 2.45) is 0 Å². The summed E-state index contributed by atoms with van der Waals surface area (Å²) in [5.74, 6) is -1.49. The Hall–Kier alpha value is 0.571. The van der Waals surface area contributed by atoms with Crippen LogP contribution in [0.4, 0.5) is 21.7 Å². The molecular formula is C7H5BF5K. The van der Waals surface area contributed by atoms with Crippen molar-refractivity contribution in [1.29, 1.82) is 0 Å². The molecule has 0 fully saturated rings. The fourth-order valence-corrected chi connectivity index (χ4v) is 1.45. The van der Waals surface area contributed by atoms with Crippen LogP contribution in [-0.4, -0.2) is 56.5 Å². The molecule has 1 aromatic carbocycles. The first-order chi connectivity index (χ1) is 6.47. The van der Waals surface area contributed by atoms with Crippen molar-refractivity contribution < 1.29 is 21.7 Å². The summed E-state index contributed by atoms with van der Waals surface area (Å²) in [5.41, 5.74) is 0.902. The van der Waals surface area contributed by atoms with Gasteiger partial charge in [0.1, 0.15) is 0 Å². The van der Waals surface area contributed by atoms with E-state index in [2.05, 4.69) is 0 Å². The van der Waals surface area contributed by atoms with E-state index in [1.807, 2.05) is 0 Å². The average molecular weight is 234 g/mol. The molecule has 0 aliphatic heterocycles. The van der Waals surface area contributed by atoms with Gasteiger partial charge in [0.2, 0.25) is 0 Å². The van der Waals surface area contributed by atoms with E-state index in [9.17, 15) is 21.7 Å². The molecule has 72 valence electrons. The van der Waals surface area contributed by atoms with Gasteiger partial charge in [0.25, 0.3) is 0 Å². The van der Waals surface area contributed by atoms with Crippen LogP contribution in [0.15, 0.2) is 18.2 Å². The van der Waals surface area contributed by atoms with Crippen molar-refractivity contribution in [3.63, 3.8) is 0 Å². The molecule has 0 saturated heterocycles. The van der Waals surface area contributed by atoms with Gasteiger partial charge in [0.15, 0.2) is 0 Å². The summed E-state index contributed by atoms with van der Waals surface area (Å²) in [5, 5.41) is 0. The molecule has 0 bridgehead atoms. The summed E-state index contributed by atoms with van der Waals surface area (Å²) in [4.78, 5) is 0. The molecule has 7 heteroatoms. The molecule has 0 heterocycles. The molecule has 0 nitrogen and oxygen atoms in total. The number of hydrogen-bond acceptors (Lipinski definition) is 0. The Morgan fingerprint density at radius 2 is 1.57 bits per heavy atom. The molecule has 0 aliphatic rings. The van der Waals surface area contributed by atoms with Gasteiger partial charge in [-0.15, -0.1) is 0 Å². The molecule has 0 unspecified atom stereocenters. The van der Waals surface area contributed by atoms with E-state index in [0.717, 1.165) is 6.08 Å². The summed E-state index contributed by atoms with van der Waals surface area (Å²) in [6, 6.07) is 4.07. The Bertz CT molecular complexity index is 278. The van der Waals surface area contributed by atoms with E-state index in [1.165, 1.54) is 12.1 Å². The average Bonchev–Trinajstić information content (AvgIpc) is 2.09. The summed E-state index contributed by atoms with van der Waals surface area (Å²) in [6.07, 6.45) is 0. The van der Waals surface area contributed by atoms with Gasteiger partial charge in [-0.25, -0.2) is 0 Å².